The number of hydrogen-bond donors (Lipinski definition) is 1. The highest BCUT2D eigenvalue weighted by Gasteiger charge is 2.11. The minimum Gasteiger partial charge on any atom is -0.352 e. The summed E-state index contributed by atoms with van der Waals surface area (Å²) in [6, 6.07) is 6.60. The first kappa shape index (κ1) is 12.2. The molecule has 1 aromatic carbocycles. The third-order valence-electron chi connectivity index (χ3n) is 3.25. The Kier molecular flexibility index (Phi) is 3.82. The molecule has 2 nitrogen and oxygen atoms in total. The number of amides is 1. The van der Waals surface area contributed by atoms with Crippen molar-refractivity contribution in [3.05, 3.63) is 34.9 Å². The summed E-state index contributed by atoms with van der Waals surface area (Å²) in [5.74, 6) is 0.579. The SMILES string of the molecule is CC(C)CC(=O)NCc1ccc2c(c1)CCC2. The lowest BCUT2D eigenvalue weighted by Gasteiger charge is -2.08. The van der Waals surface area contributed by atoms with Gasteiger partial charge in [0.25, 0.3) is 0 Å². The standard InChI is InChI=1S/C15H21NO/c1-11(2)8-15(17)16-10-12-6-7-13-4-3-5-14(13)9-12/h6-7,9,11H,3-5,8,10H2,1-2H3,(H,16,17). The van der Waals surface area contributed by atoms with Crippen LogP contribution in [0.1, 0.15) is 43.4 Å². The van der Waals surface area contributed by atoms with Crippen LogP contribution in [0.3, 0.4) is 0 Å². The van der Waals surface area contributed by atoms with Crippen LogP contribution in [0.25, 0.3) is 0 Å². The van der Waals surface area contributed by atoms with Crippen molar-refractivity contribution < 1.29 is 4.79 Å². The molecule has 0 heterocycles. The lowest BCUT2D eigenvalue weighted by atomic mass is 10.1. The number of benzene rings is 1. The number of hydrogen-bond acceptors (Lipinski definition) is 1. The van der Waals surface area contributed by atoms with E-state index in [4.69, 9.17) is 0 Å². The van der Waals surface area contributed by atoms with Crippen molar-refractivity contribution in [2.75, 3.05) is 0 Å². The highest BCUT2D eigenvalue weighted by molar-refractivity contribution is 5.76. The molecule has 0 bridgehead atoms. The molecule has 0 aromatic heterocycles. The second-order valence-electron chi connectivity index (χ2n) is 5.33. The van der Waals surface area contributed by atoms with E-state index in [1.54, 1.807) is 0 Å². The van der Waals surface area contributed by atoms with Gasteiger partial charge in [-0.05, 0) is 41.9 Å². The number of fused-ring (bicyclic) bond motifs is 1. The van der Waals surface area contributed by atoms with Gasteiger partial charge >= 0.3 is 0 Å². The predicted octanol–water partition coefficient (Wildman–Crippen LogP) is 2.84. The Morgan fingerprint density at radius 2 is 2.06 bits per heavy atom. The fourth-order valence-electron chi connectivity index (χ4n) is 2.38. The average Bonchev–Trinajstić information content (AvgIpc) is 2.72. The van der Waals surface area contributed by atoms with Crippen molar-refractivity contribution in [2.45, 2.75) is 46.1 Å². The largest absolute Gasteiger partial charge is 0.352 e. The molecule has 1 aliphatic carbocycles. The maximum atomic E-state index is 11.5. The van der Waals surface area contributed by atoms with E-state index in [1.807, 2.05) is 0 Å². The minimum atomic E-state index is 0.153. The molecule has 17 heavy (non-hydrogen) atoms. The van der Waals surface area contributed by atoms with Crippen LogP contribution >= 0.6 is 0 Å². The van der Waals surface area contributed by atoms with Gasteiger partial charge in [-0.25, -0.2) is 0 Å². The topological polar surface area (TPSA) is 29.1 Å². The van der Waals surface area contributed by atoms with E-state index in [1.165, 1.54) is 36.0 Å². The Labute approximate surface area is 103 Å². The molecule has 92 valence electrons. The number of aryl methyl sites for hydroxylation is 2. The third kappa shape index (κ3) is 3.32. The highest BCUT2D eigenvalue weighted by Crippen LogP contribution is 2.22. The van der Waals surface area contributed by atoms with Crippen LogP contribution in [0.15, 0.2) is 18.2 Å². The quantitative estimate of drug-likeness (QED) is 0.848. The summed E-state index contributed by atoms with van der Waals surface area (Å²) >= 11 is 0. The van der Waals surface area contributed by atoms with Crippen molar-refractivity contribution in [1.82, 2.24) is 5.32 Å². The van der Waals surface area contributed by atoms with Crippen LogP contribution < -0.4 is 5.32 Å². The van der Waals surface area contributed by atoms with Gasteiger partial charge in [0.05, 0.1) is 0 Å². The van der Waals surface area contributed by atoms with E-state index in [0.717, 1.165) is 0 Å². The van der Waals surface area contributed by atoms with Gasteiger partial charge in [0.15, 0.2) is 0 Å². The smallest absolute Gasteiger partial charge is 0.220 e. The predicted molar refractivity (Wildman–Crippen MR) is 69.8 cm³/mol. The van der Waals surface area contributed by atoms with E-state index in [9.17, 15) is 4.79 Å². The Hall–Kier alpha value is -1.31. The lowest BCUT2D eigenvalue weighted by molar-refractivity contribution is -0.121. The molecule has 1 amide bonds. The van der Waals surface area contributed by atoms with Gasteiger partial charge in [0.2, 0.25) is 5.91 Å². The fourth-order valence-corrected chi connectivity index (χ4v) is 2.38. The molecule has 1 aliphatic rings. The molecule has 0 spiro atoms. The average molecular weight is 231 g/mol. The maximum Gasteiger partial charge on any atom is 0.220 e. The van der Waals surface area contributed by atoms with Crippen LogP contribution in [0.5, 0.6) is 0 Å². The zero-order chi connectivity index (χ0) is 12.3. The van der Waals surface area contributed by atoms with Crippen molar-refractivity contribution in [1.29, 1.82) is 0 Å². The van der Waals surface area contributed by atoms with Crippen LogP contribution in [0.2, 0.25) is 0 Å². The Morgan fingerprint density at radius 3 is 2.82 bits per heavy atom. The fraction of sp³-hybridized carbons (Fsp3) is 0.533. The van der Waals surface area contributed by atoms with Crippen LogP contribution in [-0.4, -0.2) is 5.91 Å². The van der Waals surface area contributed by atoms with Crippen LogP contribution in [0, 0.1) is 5.92 Å². The van der Waals surface area contributed by atoms with Crippen LogP contribution in [0.4, 0.5) is 0 Å². The molecule has 2 heteroatoms. The Morgan fingerprint density at radius 1 is 1.29 bits per heavy atom. The molecule has 1 aromatic rings. The summed E-state index contributed by atoms with van der Waals surface area (Å²) in [6.07, 6.45) is 4.31. The first-order valence-electron chi connectivity index (χ1n) is 6.52. The minimum absolute atomic E-state index is 0.153. The van der Waals surface area contributed by atoms with E-state index in [-0.39, 0.29) is 5.91 Å². The van der Waals surface area contributed by atoms with Crippen LogP contribution in [-0.2, 0) is 24.2 Å². The molecule has 0 saturated carbocycles. The van der Waals surface area contributed by atoms with Gasteiger partial charge < -0.3 is 5.32 Å². The first-order valence-corrected chi connectivity index (χ1v) is 6.52. The normalized spacial score (nSPS) is 13.8. The molecule has 0 unspecified atom stereocenters. The molecule has 1 N–H and O–H groups in total. The van der Waals surface area contributed by atoms with E-state index in [2.05, 4.69) is 37.4 Å². The maximum absolute atomic E-state index is 11.5. The summed E-state index contributed by atoms with van der Waals surface area (Å²) in [7, 11) is 0. The first-order chi connectivity index (χ1) is 8.15. The number of rotatable bonds is 4. The lowest BCUT2D eigenvalue weighted by Crippen LogP contribution is -2.23. The zero-order valence-electron chi connectivity index (χ0n) is 10.8. The monoisotopic (exact) mass is 231 g/mol. The zero-order valence-corrected chi connectivity index (χ0v) is 10.8. The summed E-state index contributed by atoms with van der Waals surface area (Å²) in [6.45, 7) is 4.79. The van der Waals surface area contributed by atoms with Gasteiger partial charge in [-0.2, -0.15) is 0 Å². The van der Waals surface area contributed by atoms with Crippen molar-refractivity contribution in [3.63, 3.8) is 0 Å². The molecular formula is C15H21NO. The van der Waals surface area contributed by atoms with E-state index < -0.39 is 0 Å². The van der Waals surface area contributed by atoms with Crippen molar-refractivity contribution in [3.8, 4) is 0 Å². The molecule has 2 rings (SSSR count). The number of carbonyl (C=O) groups excluding carboxylic acids is 1. The van der Waals surface area contributed by atoms with E-state index >= 15 is 0 Å². The third-order valence-corrected chi connectivity index (χ3v) is 3.25. The number of carbonyl (C=O) groups is 1. The number of nitrogens with one attached hydrogen (secondary N) is 1. The summed E-state index contributed by atoms with van der Waals surface area (Å²) in [5.41, 5.74) is 4.19. The summed E-state index contributed by atoms with van der Waals surface area (Å²) in [5, 5.41) is 2.98. The molecule has 0 aliphatic heterocycles. The second kappa shape index (κ2) is 5.35. The van der Waals surface area contributed by atoms with Gasteiger partial charge in [0.1, 0.15) is 0 Å². The van der Waals surface area contributed by atoms with Gasteiger partial charge in [-0.3, -0.25) is 4.79 Å². The highest BCUT2D eigenvalue weighted by atomic mass is 16.1. The van der Waals surface area contributed by atoms with Gasteiger partial charge in [0, 0.05) is 13.0 Å². The molecular weight excluding hydrogens is 210 g/mol. The summed E-state index contributed by atoms with van der Waals surface area (Å²) in [4.78, 5) is 11.5. The Balaban J connectivity index is 1.89. The second-order valence-corrected chi connectivity index (χ2v) is 5.33. The Bertz CT molecular complexity index is 409. The van der Waals surface area contributed by atoms with Gasteiger partial charge in [-0.15, -0.1) is 0 Å². The molecule has 0 radical (unpaired) electrons. The van der Waals surface area contributed by atoms with Crippen molar-refractivity contribution >= 4 is 5.91 Å². The van der Waals surface area contributed by atoms with Crippen molar-refractivity contribution in [2.24, 2.45) is 5.92 Å². The molecule has 0 fully saturated rings. The van der Waals surface area contributed by atoms with E-state index in [0.29, 0.717) is 18.9 Å². The molecule has 0 atom stereocenters. The molecule has 0 saturated heterocycles. The van der Waals surface area contributed by atoms with Gasteiger partial charge in [-0.1, -0.05) is 32.0 Å². The summed E-state index contributed by atoms with van der Waals surface area (Å²) < 4.78 is 0.